The summed E-state index contributed by atoms with van der Waals surface area (Å²) >= 11 is 12.5. The molecule has 0 unspecified atom stereocenters. The lowest BCUT2D eigenvalue weighted by Gasteiger charge is -2.29. The molecule has 0 saturated heterocycles. The van der Waals surface area contributed by atoms with Crippen LogP contribution in [-0.2, 0) is 7.05 Å². The highest BCUT2D eigenvalue weighted by molar-refractivity contribution is 6.31. The van der Waals surface area contributed by atoms with E-state index >= 15 is 0 Å². The number of anilines is 1. The second-order valence-electron chi connectivity index (χ2n) is 9.16. The van der Waals surface area contributed by atoms with E-state index in [1.165, 1.54) is 24.9 Å². The summed E-state index contributed by atoms with van der Waals surface area (Å²) in [5.74, 6) is 0.0934. The molecule has 0 aliphatic carbocycles. The van der Waals surface area contributed by atoms with Gasteiger partial charge in [-0.15, -0.1) is 0 Å². The van der Waals surface area contributed by atoms with Gasteiger partial charge in [-0.25, -0.2) is 4.98 Å². The Hall–Kier alpha value is -3.82. The van der Waals surface area contributed by atoms with Gasteiger partial charge in [0.15, 0.2) is 0 Å². The Morgan fingerprint density at radius 3 is 2.32 bits per heavy atom. The molecule has 5 rings (SSSR count). The number of carbonyl (C=O) groups is 1. The van der Waals surface area contributed by atoms with E-state index in [0.29, 0.717) is 27.7 Å². The van der Waals surface area contributed by atoms with E-state index in [0.717, 1.165) is 17.0 Å². The molecular weight excluding hydrogens is 529 g/mol. The van der Waals surface area contributed by atoms with Crippen LogP contribution in [0.3, 0.4) is 0 Å². The first kappa shape index (κ1) is 25.8. The van der Waals surface area contributed by atoms with Gasteiger partial charge in [0.1, 0.15) is 11.1 Å². The molecule has 0 spiro atoms. The van der Waals surface area contributed by atoms with E-state index in [1.807, 2.05) is 32.0 Å². The summed E-state index contributed by atoms with van der Waals surface area (Å²) in [6.07, 6.45) is 3.24. The van der Waals surface area contributed by atoms with E-state index in [-0.39, 0.29) is 28.5 Å². The summed E-state index contributed by atoms with van der Waals surface area (Å²) in [5, 5.41) is 0.604. The second kappa shape index (κ2) is 9.81. The maximum absolute atomic E-state index is 14.1. The fourth-order valence-corrected chi connectivity index (χ4v) is 5.28. The zero-order chi connectivity index (χ0) is 27.3. The van der Waals surface area contributed by atoms with Crippen LogP contribution in [0.1, 0.15) is 47.5 Å². The van der Waals surface area contributed by atoms with E-state index in [4.69, 9.17) is 32.7 Å². The average Bonchev–Trinajstić information content (AvgIpc) is 3.42. The predicted octanol–water partition coefficient (Wildman–Crippen LogP) is 5.30. The molecule has 0 radical (unpaired) electrons. The van der Waals surface area contributed by atoms with Crippen molar-refractivity contribution in [2.75, 3.05) is 19.1 Å². The van der Waals surface area contributed by atoms with Crippen molar-refractivity contribution in [3.8, 4) is 23.1 Å². The minimum Gasteiger partial charge on any atom is -0.480 e. The van der Waals surface area contributed by atoms with Gasteiger partial charge in [-0.1, -0.05) is 35.3 Å². The molecule has 4 aromatic rings. The fourth-order valence-electron chi connectivity index (χ4n) is 4.91. The molecule has 9 nitrogen and oxygen atoms in total. The molecule has 3 aromatic heterocycles. The number of benzene rings is 1. The van der Waals surface area contributed by atoms with Gasteiger partial charge in [0.25, 0.3) is 11.5 Å². The molecule has 1 aromatic carbocycles. The lowest BCUT2D eigenvalue weighted by molar-refractivity contribution is 0.0993. The Kier molecular flexibility index (Phi) is 6.66. The largest absolute Gasteiger partial charge is 0.480 e. The average molecular weight is 554 g/mol. The normalized spacial score (nSPS) is 14.8. The highest BCUT2D eigenvalue weighted by atomic mass is 35.5. The number of amides is 1. The minimum absolute atomic E-state index is 0.0248. The van der Waals surface area contributed by atoms with Crippen LogP contribution >= 0.6 is 23.2 Å². The highest BCUT2D eigenvalue weighted by Gasteiger charge is 2.43. The quantitative estimate of drug-likeness (QED) is 0.321. The van der Waals surface area contributed by atoms with Gasteiger partial charge in [-0.2, -0.15) is 4.98 Å². The van der Waals surface area contributed by atoms with Gasteiger partial charge < -0.3 is 18.6 Å². The van der Waals surface area contributed by atoms with E-state index in [9.17, 15) is 9.59 Å². The third kappa shape index (κ3) is 4.12. The van der Waals surface area contributed by atoms with Crippen molar-refractivity contribution in [3.05, 3.63) is 86.0 Å². The van der Waals surface area contributed by atoms with Gasteiger partial charge in [0.05, 0.1) is 42.4 Å². The predicted molar refractivity (Wildman–Crippen MR) is 146 cm³/mol. The molecule has 11 heteroatoms. The number of nitrogens with zero attached hydrogens (tertiary/aromatic N) is 5. The van der Waals surface area contributed by atoms with Crippen molar-refractivity contribution in [1.82, 2.24) is 19.1 Å². The molecule has 1 amide bonds. The number of aryl methyl sites for hydroxylation is 1. The van der Waals surface area contributed by atoms with Crippen molar-refractivity contribution in [1.29, 1.82) is 0 Å². The zero-order valence-corrected chi connectivity index (χ0v) is 22.9. The Morgan fingerprint density at radius 1 is 1.00 bits per heavy atom. The number of methoxy groups -OCH3 is 2. The number of fused-ring (bicyclic) bond motifs is 1. The first-order chi connectivity index (χ1) is 18.2. The fraction of sp³-hybridized carbons (Fsp3) is 0.259. The third-order valence-electron chi connectivity index (χ3n) is 6.53. The van der Waals surface area contributed by atoms with Crippen LogP contribution < -0.4 is 19.9 Å². The maximum Gasteiger partial charge on any atom is 0.319 e. The Morgan fingerprint density at radius 2 is 1.71 bits per heavy atom. The van der Waals surface area contributed by atoms with Crippen LogP contribution in [0.5, 0.6) is 11.9 Å². The molecule has 4 heterocycles. The number of aromatic nitrogens is 4. The van der Waals surface area contributed by atoms with Crippen molar-refractivity contribution in [2.45, 2.75) is 25.9 Å². The molecule has 196 valence electrons. The molecule has 1 aliphatic rings. The summed E-state index contributed by atoms with van der Waals surface area (Å²) in [6, 6.07) is 10.3. The standard InChI is InChI=1S/C27H25Cl2N5O4/c1-14(2)33-21(19-12-30-27(38-5)31-24(19)37-4)11-18-23(33)22(15-6-8-16(28)9-7-15)34(25(18)35)17-10-20(29)26(36)32(3)13-17/h6-14,22H,1-5H3/t22-/m0/s1. The molecule has 0 N–H and O–H groups in total. The SMILES string of the molecule is COc1ncc(-c2cc3c(n2C(C)C)[C@H](c2ccc(Cl)cc2)N(c2cc(Cl)c(=O)n(C)c2)C3=O)c(OC)n1. The van der Waals surface area contributed by atoms with Crippen LogP contribution in [0, 0.1) is 0 Å². The van der Waals surface area contributed by atoms with Crippen molar-refractivity contribution < 1.29 is 14.3 Å². The molecule has 38 heavy (non-hydrogen) atoms. The Bertz CT molecular complexity index is 1580. The lowest BCUT2D eigenvalue weighted by Crippen LogP contribution is -2.31. The van der Waals surface area contributed by atoms with Gasteiger partial charge in [0.2, 0.25) is 5.88 Å². The van der Waals surface area contributed by atoms with Gasteiger partial charge in [-0.05, 0) is 43.7 Å². The summed E-state index contributed by atoms with van der Waals surface area (Å²) in [7, 11) is 4.61. The van der Waals surface area contributed by atoms with Crippen molar-refractivity contribution in [3.63, 3.8) is 0 Å². The molecular formula is C27H25Cl2N5O4. The summed E-state index contributed by atoms with van der Waals surface area (Å²) in [6.45, 7) is 4.07. The van der Waals surface area contributed by atoms with Crippen LogP contribution in [0.15, 0.2) is 53.6 Å². The topological polar surface area (TPSA) is 91.5 Å². The van der Waals surface area contributed by atoms with Crippen LogP contribution in [0.25, 0.3) is 11.3 Å². The summed E-state index contributed by atoms with van der Waals surface area (Å²) < 4.78 is 14.2. The minimum atomic E-state index is -0.523. The number of hydrogen-bond acceptors (Lipinski definition) is 6. The zero-order valence-electron chi connectivity index (χ0n) is 21.4. The second-order valence-corrected chi connectivity index (χ2v) is 10.0. The first-order valence-electron chi connectivity index (χ1n) is 11.8. The lowest BCUT2D eigenvalue weighted by atomic mass is 10.0. The van der Waals surface area contributed by atoms with Crippen molar-refractivity contribution in [2.24, 2.45) is 7.05 Å². The van der Waals surface area contributed by atoms with E-state index in [1.54, 1.807) is 36.5 Å². The molecule has 1 atom stereocenters. The number of ether oxygens (including phenoxy) is 2. The van der Waals surface area contributed by atoms with Crippen LogP contribution in [0.4, 0.5) is 5.69 Å². The number of halogens is 2. The van der Waals surface area contributed by atoms with Gasteiger partial charge in [-0.3, -0.25) is 14.5 Å². The third-order valence-corrected chi connectivity index (χ3v) is 7.05. The van der Waals surface area contributed by atoms with Crippen LogP contribution in [-0.4, -0.2) is 39.2 Å². The summed E-state index contributed by atoms with van der Waals surface area (Å²) in [4.78, 5) is 36.7. The molecule has 0 bridgehead atoms. The maximum atomic E-state index is 14.1. The smallest absolute Gasteiger partial charge is 0.319 e. The first-order valence-corrected chi connectivity index (χ1v) is 12.6. The number of carbonyl (C=O) groups excluding carboxylic acids is 1. The van der Waals surface area contributed by atoms with Crippen LogP contribution in [0.2, 0.25) is 10.0 Å². The molecule has 0 fully saturated rings. The molecule has 1 aliphatic heterocycles. The number of rotatable bonds is 6. The van der Waals surface area contributed by atoms with Gasteiger partial charge >= 0.3 is 6.01 Å². The van der Waals surface area contributed by atoms with Gasteiger partial charge in [0, 0.05) is 30.5 Å². The molecule has 0 saturated carbocycles. The van der Waals surface area contributed by atoms with E-state index < -0.39 is 6.04 Å². The monoisotopic (exact) mass is 553 g/mol. The van der Waals surface area contributed by atoms with E-state index in [2.05, 4.69) is 14.5 Å². The van der Waals surface area contributed by atoms with Crippen molar-refractivity contribution >= 4 is 34.8 Å². The summed E-state index contributed by atoms with van der Waals surface area (Å²) in [5.41, 5.74) is 3.65. The highest BCUT2D eigenvalue weighted by Crippen LogP contribution is 2.47. The Labute approximate surface area is 229 Å². The number of pyridine rings is 1. The Balaban J connectivity index is 1.79. The number of hydrogen-bond donors (Lipinski definition) is 0.